The Balaban J connectivity index is 2.56. The third kappa shape index (κ3) is 2.11. The maximum Gasteiger partial charge on any atom is 0.153 e. The van der Waals surface area contributed by atoms with E-state index in [2.05, 4.69) is 20.9 Å². The van der Waals surface area contributed by atoms with Crippen LogP contribution in [0.1, 0.15) is 5.56 Å². The van der Waals surface area contributed by atoms with Crippen LogP contribution in [-0.2, 0) is 5.33 Å². The molecular formula is C12H8BrF2N. The topological polar surface area (TPSA) is 12.9 Å². The summed E-state index contributed by atoms with van der Waals surface area (Å²) in [6.45, 7) is 0. The summed E-state index contributed by atoms with van der Waals surface area (Å²) in [6, 6.07) is 7.34. The molecule has 1 aromatic carbocycles. The van der Waals surface area contributed by atoms with E-state index in [1.807, 2.05) is 0 Å². The Bertz CT molecular complexity index is 514. The highest BCUT2D eigenvalue weighted by Gasteiger charge is 2.10. The number of benzene rings is 1. The highest BCUT2D eigenvalue weighted by Crippen LogP contribution is 2.24. The Morgan fingerprint density at radius 2 is 2.00 bits per heavy atom. The number of hydrogen-bond donors (Lipinski definition) is 0. The van der Waals surface area contributed by atoms with Gasteiger partial charge in [0.2, 0.25) is 0 Å². The van der Waals surface area contributed by atoms with E-state index < -0.39 is 11.6 Å². The molecule has 0 saturated carbocycles. The van der Waals surface area contributed by atoms with Crippen molar-refractivity contribution >= 4 is 15.9 Å². The van der Waals surface area contributed by atoms with Crippen molar-refractivity contribution in [2.24, 2.45) is 0 Å². The third-order valence-electron chi connectivity index (χ3n) is 2.21. The van der Waals surface area contributed by atoms with Crippen LogP contribution >= 0.6 is 15.9 Å². The molecule has 1 heterocycles. The lowest BCUT2D eigenvalue weighted by Gasteiger charge is -2.05. The first-order valence-electron chi connectivity index (χ1n) is 4.67. The van der Waals surface area contributed by atoms with Crippen molar-refractivity contribution in [2.45, 2.75) is 5.33 Å². The average molecular weight is 284 g/mol. The maximum atomic E-state index is 13.9. The van der Waals surface area contributed by atoms with E-state index in [1.165, 1.54) is 24.4 Å². The van der Waals surface area contributed by atoms with Gasteiger partial charge in [0.15, 0.2) is 5.82 Å². The molecule has 2 aromatic rings. The van der Waals surface area contributed by atoms with Crippen molar-refractivity contribution in [3.8, 4) is 11.3 Å². The first kappa shape index (κ1) is 11.2. The molecule has 0 atom stereocenters. The number of aromatic nitrogens is 1. The fourth-order valence-electron chi connectivity index (χ4n) is 1.42. The zero-order valence-electron chi connectivity index (χ0n) is 8.25. The second kappa shape index (κ2) is 4.70. The second-order valence-electron chi connectivity index (χ2n) is 3.28. The molecule has 82 valence electrons. The second-order valence-corrected chi connectivity index (χ2v) is 3.84. The molecular weight excluding hydrogens is 276 g/mol. The zero-order valence-corrected chi connectivity index (χ0v) is 9.84. The van der Waals surface area contributed by atoms with Gasteiger partial charge in [-0.1, -0.05) is 28.1 Å². The van der Waals surface area contributed by atoms with Gasteiger partial charge in [-0.15, -0.1) is 0 Å². The van der Waals surface area contributed by atoms with Crippen LogP contribution in [0.25, 0.3) is 11.3 Å². The van der Waals surface area contributed by atoms with Gasteiger partial charge >= 0.3 is 0 Å². The molecule has 16 heavy (non-hydrogen) atoms. The minimum absolute atomic E-state index is 0.177. The molecule has 0 saturated heterocycles. The molecule has 0 aliphatic carbocycles. The number of halogens is 3. The van der Waals surface area contributed by atoms with Crippen LogP contribution in [0.4, 0.5) is 8.78 Å². The van der Waals surface area contributed by atoms with Crippen LogP contribution in [0.3, 0.4) is 0 Å². The van der Waals surface area contributed by atoms with Crippen LogP contribution < -0.4 is 0 Å². The Labute approximate surface area is 100 Å². The standard InChI is InChI=1S/C12H8BrF2N/c13-7-9-4-5-16-12(11(9)15)8-2-1-3-10(14)6-8/h1-6H,7H2. The van der Waals surface area contributed by atoms with E-state index in [9.17, 15) is 8.78 Å². The van der Waals surface area contributed by atoms with Crippen molar-refractivity contribution in [1.29, 1.82) is 0 Å². The number of hydrogen-bond acceptors (Lipinski definition) is 1. The molecule has 0 fully saturated rings. The van der Waals surface area contributed by atoms with Crippen molar-refractivity contribution < 1.29 is 8.78 Å². The molecule has 0 unspecified atom stereocenters. The van der Waals surface area contributed by atoms with Gasteiger partial charge in [-0.25, -0.2) is 8.78 Å². The fourth-order valence-corrected chi connectivity index (χ4v) is 1.86. The smallest absolute Gasteiger partial charge is 0.153 e. The van der Waals surface area contributed by atoms with Gasteiger partial charge < -0.3 is 0 Å². The van der Waals surface area contributed by atoms with Crippen molar-refractivity contribution in [3.63, 3.8) is 0 Å². The van der Waals surface area contributed by atoms with Crippen molar-refractivity contribution in [3.05, 3.63) is 53.7 Å². The lowest BCUT2D eigenvalue weighted by molar-refractivity contribution is 0.613. The molecule has 0 amide bonds. The molecule has 0 spiro atoms. The van der Waals surface area contributed by atoms with Crippen LogP contribution in [0.15, 0.2) is 36.5 Å². The van der Waals surface area contributed by atoms with Gasteiger partial charge in [0.1, 0.15) is 11.5 Å². The minimum Gasteiger partial charge on any atom is -0.253 e. The predicted octanol–water partition coefficient (Wildman–Crippen LogP) is 3.92. The quantitative estimate of drug-likeness (QED) is 0.762. The molecule has 2 rings (SSSR count). The van der Waals surface area contributed by atoms with E-state index in [0.717, 1.165) is 0 Å². The summed E-state index contributed by atoms with van der Waals surface area (Å²) in [6.07, 6.45) is 1.51. The summed E-state index contributed by atoms with van der Waals surface area (Å²) in [5, 5.41) is 0.406. The van der Waals surface area contributed by atoms with Gasteiger partial charge in [0.25, 0.3) is 0 Å². The van der Waals surface area contributed by atoms with E-state index in [4.69, 9.17) is 0 Å². The molecule has 1 nitrogen and oxygen atoms in total. The van der Waals surface area contributed by atoms with E-state index in [1.54, 1.807) is 12.1 Å². The monoisotopic (exact) mass is 283 g/mol. The van der Waals surface area contributed by atoms with Crippen LogP contribution in [-0.4, -0.2) is 4.98 Å². The number of alkyl halides is 1. The number of nitrogens with zero attached hydrogens (tertiary/aromatic N) is 1. The van der Waals surface area contributed by atoms with Gasteiger partial charge in [-0.2, -0.15) is 0 Å². The molecule has 1 aromatic heterocycles. The fraction of sp³-hybridized carbons (Fsp3) is 0.0833. The average Bonchev–Trinajstić information content (AvgIpc) is 2.29. The summed E-state index contributed by atoms with van der Waals surface area (Å²) < 4.78 is 26.9. The zero-order chi connectivity index (χ0) is 11.5. The maximum absolute atomic E-state index is 13.9. The third-order valence-corrected chi connectivity index (χ3v) is 2.82. The number of pyridine rings is 1. The van der Waals surface area contributed by atoms with E-state index in [0.29, 0.717) is 16.5 Å². The Kier molecular flexibility index (Phi) is 3.29. The van der Waals surface area contributed by atoms with Gasteiger partial charge in [0.05, 0.1) is 0 Å². The van der Waals surface area contributed by atoms with Crippen LogP contribution in [0.5, 0.6) is 0 Å². The Morgan fingerprint density at radius 3 is 2.69 bits per heavy atom. The normalized spacial score (nSPS) is 10.4. The van der Waals surface area contributed by atoms with Crippen LogP contribution in [0, 0.1) is 11.6 Å². The van der Waals surface area contributed by atoms with Gasteiger partial charge in [-0.05, 0) is 18.2 Å². The first-order valence-corrected chi connectivity index (χ1v) is 5.80. The van der Waals surface area contributed by atoms with Crippen molar-refractivity contribution in [2.75, 3.05) is 0 Å². The molecule has 0 radical (unpaired) electrons. The SMILES string of the molecule is Fc1cccc(-c2nccc(CBr)c2F)c1. The van der Waals surface area contributed by atoms with Gasteiger partial charge in [-0.3, -0.25) is 4.98 Å². The Morgan fingerprint density at radius 1 is 1.19 bits per heavy atom. The van der Waals surface area contributed by atoms with Gasteiger partial charge in [0, 0.05) is 22.7 Å². The molecule has 0 bridgehead atoms. The molecule has 0 aliphatic rings. The summed E-state index contributed by atoms with van der Waals surface area (Å²) >= 11 is 3.19. The first-order chi connectivity index (χ1) is 7.72. The van der Waals surface area contributed by atoms with Crippen LogP contribution in [0.2, 0.25) is 0 Å². The van der Waals surface area contributed by atoms with Crippen molar-refractivity contribution in [1.82, 2.24) is 4.98 Å². The summed E-state index contributed by atoms with van der Waals surface area (Å²) in [7, 11) is 0. The minimum atomic E-state index is -0.412. The molecule has 0 N–H and O–H groups in total. The van der Waals surface area contributed by atoms with E-state index in [-0.39, 0.29) is 5.69 Å². The largest absolute Gasteiger partial charge is 0.253 e. The molecule has 0 aliphatic heterocycles. The lowest BCUT2D eigenvalue weighted by Crippen LogP contribution is -1.94. The Hall–Kier alpha value is -1.29. The predicted molar refractivity (Wildman–Crippen MR) is 62.2 cm³/mol. The summed E-state index contributed by atoms with van der Waals surface area (Å²) in [5.41, 5.74) is 1.13. The van der Waals surface area contributed by atoms with E-state index >= 15 is 0 Å². The molecule has 4 heteroatoms. The number of rotatable bonds is 2. The highest BCUT2D eigenvalue weighted by atomic mass is 79.9. The lowest BCUT2D eigenvalue weighted by atomic mass is 10.1. The highest BCUT2D eigenvalue weighted by molar-refractivity contribution is 9.08. The summed E-state index contributed by atoms with van der Waals surface area (Å²) in [5.74, 6) is -0.812. The summed E-state index contributed by atoms with van der Waals surface area (Å²) in [4.78, 5) is 3.94.